The van der Waals surface area contributed by atoms with Crippen molar-refractivity contribution in [2.24, 2.45) is 0 Å². The summed E-state index contributed by atoms with van der Waals surface area (Å²) in [6.07, 6.45) is 0. The summed E-state index contributed by atoms with van der Waals surface area (Å²) in [5.41, 5.74) is 0. The molecule has 11 nitrogen and oxygen atoms in total. The number of rotatable bonds is 27. The summed E-state index contributed by atoms with van der Waals surface area (Å²) in [5, 5.41) is 5.99. The van der Waals surface area contributed by atoms with Crippen LogP contribution in [0.25, 0.3) is 0 Å². The lowest BCUT2D eigenvalue weighted by Crippen LogP contribution is -2.69. The Morgan fingerprint density at radius 1 is 0.208 bits per heavy atom. The molecular weight excluding hydrogens is 1440 g/mol. The standard InChI is InChI=1S/C18H30O3Si4.C14H30O3Si4.C13H28O3Si4.C11H22O2Si3.14CH4/c1-22(2)19-24(5,6)21-25(20-23(3)4,17-13-9-7-10-14-17)18-15-11-8-12-16-18;1-18(15-19(2,3)4)16-21(8,17-20(5,6)7)14-12-10-9-11-13-14;1-17(2)14-19(5,6)16-20(7,15-18(3)4)13-11-9-8-10-12-13;1-14(2)12-16(5,13-15(3)4)11-9-7-6-8-10-11;;;;;;;;;;;;;;/h7-16,22-23H,1-6H3;9-13,18H,1-8H3;8-12,17-18H,1-7H3;6-10,14-15H,1-5H3;14*1H4. The Hall–Kier alpha value is -1.09. The lowest BCUT2D eigenvalue weighted by atomic mass is 10.4. The third kappa shape index (κ3) is 48.7. The molecule has 0 spiro atoms. The fourth-order valence-corrected chi connectivity index (χ4v) is 63.4. The molecular formula is C70H166O11Si15. The van der Waals surface area contributed by atoms with E-state index in [-0.39, 0.29) is 104 Å². The minimum atomic E-state index is -2.79. The van der Waals surface area contributed by atoms with Crippen molar-refractivity contribution in [3.63, 3.8) is 0 Å². The maximum absolute atomic E-state index is 6.92. The SMILES string of the molecule is C.C.C.C.C.C.C.C.C.C.C.C.C.C.C[SiH](C)O[Si](C)(C)O[Si](C)(O[SiH](C)C)c1ccccc1.C[SiH](C)O[Si](C)(C)O[Si](O[SiH](C)C)(c1ccccc1)c1ccccc1.C[SiH](C)O[Si](C)(O[SiH](C)C)c1ccccc1.C[SiH](O[Si](C)(C)C)O[Si](C)(O[Si](C)(C)C)c1ccccc1. The van der Waals surface area contributed by atoms with E-state index in [1.165, 1.54) is 15.6 Å². The maximum atomic E-state index is 6.92. The van der Waals surface area contributed by atoms with Crippen molar-refractivity contribution in [2.75, 3.05) is 0 Å². The van der Waals surface area contributed by atoms with Crippen molar-refractivity contribution in [1.82, 2.24) is 0 Å². The molecule has 0 saturated heterocycles. The van der Waals surface area contributed by atoms with Gasteiger partial charge in [0.15, 0.2) is 70.9 Å². The van der Waals surface area contributed by atoms with Crippen LogP contribution in [-0.4, -0.2) is 132 Å². The molecule has 0 amide bonds. The monoisotopic (exact) mass is 1600 g/mol. The van der Waals surface area contributed by atoms with E-state index in [0.717, 1.165) is 10.4 Å². The van der Waals surface area contributed by atoms with Gasteiger partial charge in [-0.05, 0) is 196 Å². The first-order valence-corrected chi connectivity index (χ1v) is 69.6. The topological polar surface area (TPSA) is 102 Å². The maximum Gasteiger partial charge on any atom is 0.387 e. The molecule has 0 fully saturated rings. The van der Waals surface area contributed by atoms with Gasteiger partial charge in [0.2, 0.25) is 0 Å². The summed E-state index contributed by atoms with van der Waals surface area (Å²) < 4.78 is 70.7. The third-order valence-electron chi connectivity index (χ3n) is 11.3. The van der Waals surface area contributed by atoms with Crippen LogP contribution in [0.1, 0.15) is 104 Å². The van der Waals surface area contributed by atoms with Crippen LogP contribution < -0.4 is 25.9 Å². The molecule has 0 aliphatic heterocycles. The Morgan fingerprint density at radius 3 is 0.667 bits per heavy atom. The quantitative estimate of drug-likeness (QED) is 0.0470. The van der Waals surface area contributed by atoms with Crippen LogP contribution in [0.2, 0.25) is 170 Å². The average molecular weight is 1610 g/mol. The number of benzene rings is 5. The van der Waals surface area contributed by atoms with Crippen LogP contribution in [-0.2, 0) is 45.3 Å². The van der Waals surface area contributed by atoms with Gasteiger partial charge < -0.3 is 45.3 Å². The van der Waals surface area contributed by atoms with Crippen molar-refractivity contribution in [2.45, 2.75) is 274 Å². The Balaban J connectivity index is -0.0000000837. The van der Waals surface area contributed by atoms with Gasteiger partial charge in [-0.3, -0.25) is 0 Å². The van der Waals surface area contributed by atoms with Gasteiger partial charge in [0.25, 0.3) is 9.28 Å². The van der Waals surface area contributed by atoms with E-state index in [1.807, 2.05) is 30.3 Å². The van der Waals surface area contributed by atoms with Crippen LogP contribution in [0.4, 0.5) is 0 Å². The fraction of sp³-hybridized carbons (Fsp3) is 0.571. The molecule has 0 bridgehead atoms. The number of hydrogen-bond acceptors (Lipinski definition) is 11. The minimum Gasteiger partial charge on any atom is -0.440 e. The molecule has 0 heterocycles. The Morgan fingerprint density at radius 2 is 0.427 bits per heavy atom. The van der Waals surface area contributed by atoms with Gasteiger partial charge in [0.05, 0.1) is 0 Å². The highest BCUT2D eigenvalue weighted by molar-refractivity contribution is 7.00. The van der Waals surface area contributed by atoms with Crippen LogP contribution in [0.15, 0.2) is 152 Å². The molecule has 26 heteroatoms. The zero-order valence-electron chi connectivity index (χ0n) is 55.5. The van der Waals surface area contributed by atoms with E-state index in [1.54, 1.807) is 0 Å². The Bertz CT molecular complexity index is 2460. The highest BCUT2D eigenvalue weighted by atomic mass is 28.5. The molecule has 0 aromatic heterocycles. The summed E-state index contributed by atoms with van der Waals surface area (Å²) in [5.74, 6) is 0. The van der Waals surface area contributed by atoms with Gasteiger partial charge in [0, 0.05) is 0 Å². The van der Waals surface area contributed by atoms with Crippen LogP contribution in [0.5, 0.6) is 0 Å². The fourth-order valence-electron chi connectivity index (χ4n) is 9.55. The van der Waals surface area contributed by atoms with E-state index >= 15 is 0 Å². The van der Waals surface area contributed by atoms with Gasteiger partial charge in [-0.25, -0.2) is 0 Å². The summed E-state index contributed by atoms with van der Waals surface area (Å²) >= 11 is 0. The zero-order valence-corrected chi connectivity index (χ0v) is 71.5. The second kappa shape index (κ2) is 57.3. The molecule has 5 aromatic carbocycles. The first-order chi connectivity index (χ1) is 37.7. The first kappa shape index (κ1) is 125. The molecule has 0 N–H and O–H groups in total. The Labute approximate surface area is 623 Å². The lowest BCUT2D eigenvalue weighted by molar-refractivity contribution is 0.345. The third-order valence-corrected chi connectivity index (χ3v) is 58.1. The van der Waals surface area contributed by atoms with Crippen LogP contribution in [0, 0.1) is 0 Å². The van der Waals surface area contributed by atoms with E-state index in [4.69, 9.17) is 45.3 Å². The first-order valence-electron chi connectivity index (χ1n) is 29.6. The van der Waals surface area contributed by atoms with Crippen molar-refractivity contribution in [3.8, 4) is 0 Å². The second-order valence-corrected chi connectivity index (χ2v) is 73.0. The molecule has 3 unspecified atom stereocenters. The van der Waals surface area contributed by atoms with E-state index < -0.39 is 132 Å². The normalized spacial score (nSPS) is 12.5. The zero-order chi connectivity index (χ0) is 62.4. The highest BCUT2D eigenvalue weighted by Gasteiger charge is 2.49. The second-order valence-electron chi connectivity index (χ2n) is 25.4. The molecule has 5 aromatic rings. The van der Waals surface area contributed by atoms with Gasteiger partial charge in [-0.15, -0.1) is 0 Å². The van der Waals surface area contributed by atoms with Gasteiger partial charge in [0.1, 0.15) is 0 Å². The van der Waals surface area contributed by atoms with Gasteiger partial charge in [-0.2, -0.15) is 0 Å². The van der Waals surface area contributed by atoms with Crippen molar-refractivity contribution >= 4 is 157 Å². The molecule has 0 saturated carbocycles. The van der Waals surface area contributed by atoms with E-state index in [0.29, 0.717) is 0 Å². The predicted octanol–water partition coefficient (Wildman–Crippen LogP) is 20.1. The van der Waals surface area contributed by atoms with Crippen molar-refractivity contribution in [1.29, 1.82) is 0 Å². The molecule has 5 rings (SSSR count). The highest BCUT2D eigenvalue weighted by Crippen LogP contribution is 2.23. The summed E-state index contributed by atoms with van der Waals surface area (Å²) in [6, 6.07) is 52.2. The Kier molecular flexibility index (Phi) is 74.5. The van der Waals surface area contributed by atoms with Gasteiger partial charge >= 0.3 is 51.4 Å². The molecule has 572 valence electrons. The molecule has 0 aliphatic carbocycles. The summed E-state index contributed by atoms with van der Waals surface area (Å²) in [7, 11) is -26.0. The largest absolute Gasteiger partial charge is 0.440 e. The van der Waals surface area contributed by atoms with Gasteiger partial charge in [-0.1, -0.05) is 256 Å². The summed E-state index contributed by atoms with van der Waals surface area (Å²) in [4.78, 5) is 0. The molecule has 3 atom stereocenters. The van der Waals surface area contributed by atoms with E-state index in [2.05, 4.69) is 292 Å². The van der Waals surface area contributed by atoms with E-state index in [9.17, 15) is 0 Å². The molecule has 0 radical (unpaired) electrons. The smallest absolute Gasteiger partial charge is 0.387 e. The van der Waals surface area contributed by atoms with Crippen LogP contribution in [0.3, 0.4) is 0 Å². The van der Waals surface area contributed by atoms with Crippen molar-refractivity contribution in [3.05, 3.63) is 152 Å². The minimum absolute atomic E-state index is 0. The summed E-state index contributed by atoms with van der Waals surface area (Å²) in [6.45, 7) is 56.9. The van der Waals surface area contributed by atoms with Crippen molar-refractivity contribution < 1.29 is 45.3 Å². The predicted molar refractivity (Wildman–Crippen MR) is 485 cm³/mol. The number of hydrogen-bond donors (Lipinski definition) is 0. The average Bonchev–Trinajstić information content (AvgIpc) is 3.32. The molecule has 0 aliphatic rings. The molecule has 96 heavy (non-hydrogen) atoms. The lowest BCUT2D eigenvalue weighted by Gasteiger charge is -2.40. The van der Waals surface area contributed by atoms with Crippen LogP contribution >= 0.6 is 0 Å².